The Bertz CT molecular complexity index is 98.8. The molecule has 5 nitrogen and oxygen atoms in total. The average Bonchev–Trinajstić information content (AvgIpc) is 2.17. The molecule has 0 aliphatic heterocycles. The fraction of sp³-hybridized carbons (Fsp3) is 1.00. The molecule has 0 aromatic rings. The summed E-state index contributed by atoms with van der Waals surface area (Å²) in [5.41, 5.74) is 0. The Morgan fingerprint density at radius 2 is 1.13 bits per heavy atom. The third-order valence-corrected chi connectivity index (χ3v) is 1.47. The highest BCUT2D eigenvalue weighted by Crippen LogP contribution is 1.80. The number of nitrogens with zero attached hydrogens (tertiary/aromatic N) is 2. The first-order valence-corrected chi connectivity index (χ1v) is 5.13. The predicted molar refractivity (Wildman–Crippen MR) is 62.1 cm³/mol. The minimum Gasteiger partial charge on any atom is -0.394 e. The van der Waals surface area contributed by atoms with Crippen LogP contribution in [0.2, 0.25) is 0 Å². The van der Waals surface area contributed by atoms with Crippen molar-refractivity contribution in [3.8, 4) is 0 Å². The highest BCUT2D eigenvalue weighted by Gasteiger charge is 1.91. The summed E-state index contributed by atoms with van der Waals surface area (Å²) in [7, 11) is 8.20. The van der Waals surface area contributed by atoms with Gasteiger partial charge in [0.15, 0.2) is 0 Å². The van der Waals surface area contributed by atoms with E-state index >= 15 is 0 Å². The monoisotopic (exact) mass is 222 g/mol. The second kappa shape index (κ2) is 13.8. The highest BCUT2D eigenvalue weighted by molar-refractivity contribution is 4.43. The molecule has 0 amide bonds. The van der Waals surface area contributed by atoms with Gasteiger partial charge in [-0.2, -0.15) is 0 Å². The Balaban J connectivity index is 0. The summed E-state index contributed by atoms with van der Waals surface area (Å²) in [5.74, 6) is 0. The van der Waals surface area contributed by atoms with Gasteiger partial charge in [-0.15, -0.1) is 0 Å². The van der Waals surface area contributed by atoms with Crippen molar-refractivity contribution < 1.29 is 14.9 Å². The zero-order valence-corrected chi connectivity index (χ0v) is 10.4. The largest absolute Gasteiger partial charge is 0.394 e. The topological polar surface area (TPSA) is 56.2 Å². The summed E-state index contributed by atoms with van der Waals surface area (Å²) < 4.78 is 5.37. The first-order valence-electron chi connectivity index (χ1n) is 5.13. The Morgan fingerprint density at radius 1 is 0.800 bits per heavy atom. The highest BCUT2D eigenvalue weighted by atomic mass is 16.5. The lowest BCUT2D eigenvalue weighted by molar-refractivity contribution is 0.104. The van der Waals surface area contributed by atoms with E-state index in [0.717, 1.165) is 26.3 Å². The van der Waals surface area contributed by atoms with E-state index in [0.29, 0.717) is 0 Å². The normalized spacial score (nSPS) is 10.4. The molecule has 94 valence electrons. The molecular weight excluding hydrogens is 196 g/mol. The molecule has 0 aromatic carbocycles. The van der Waals surface area contributed by atoms with Crippen LogP contribution in [0.3, 0.4) is 0 Å². The van der Waals surface area contributed by atoms with Gasteiger partial charge in [-0.25, -0.2) is 0 Å². The molecule has 2 N–H and O–H groups in total. The molecule has 0 fully saturated rings. The zero-order chi connectivity index (χ0) is 12.1. The summed E-state index contributed by atoms with van der Waals surface area (Å²) in [6.07, 6.45) is 0. The van der Waals surface area contributed by atoms with Crippen molar-refractivity contribution in [3.63, 3.8) is 0 Å². The van der Waals surface area contributed by atoms with Crippen LogP contribution in [-0.4, -0.2) is 87.7 Å². The minimum absolute atomic E-state index is 0.125. The van der Waals surface area contributed by atoms with Gasteiger partial charge in [0, 0.05) is 13.1 Å². The van der Waals surface area contributed by atoms with E-state index in [2.05, 4.69) is 38.0 Å². The molecule has 0 unspecified atom stereocenters. The molecule has 0 aromatic heterocycles. The van der Waals surface area contributed by atoms with Crippen LogP contribution in [0.25, 0.3) is 0 Å². The van der Waals surface area contributed by atoms with Crippen LogP contribution in [0, 0.1) is 0 Å². The van der Waals surface area contributed by atoms with Crippen LogP contribution in [0.4, 0.5) is 0 Å². The number of aliphatic hydroxyl groups is 2. The van der Waals surface area contributed by atoms with Gasteiger partial charge in [-0.1, -0.05) is 0 Å². The molecule has 0 bridgehead atoms. The quantitative estimate of drug-likeness (QED) is 0.547. The van der Waals surface area contributed by atoms with Crippen LogP contribution in [0.5, 0.6) is 0 Å². The van der Waals surface area contributed by atoms with Gasteiger partial charge in [-0.05, 0) is 28.2 Å². The first kappa shape index (κ1) is 17.2. The number of ether oxygens (including phenoxy) is 1. The van der Waals surface area contributed by atoms with Crippen molar-refractivity contribution in [1.29, 1.82) is 0 Å². The smallest absolute Gasteiger partial charge is 0.0662 e. The second-order valence-corrected chi connectivity index (χ2v) is 3.67. The van der Waals surface area contributed by atoms with Gasteiger partial charge in [0.25, 0.3) is 0 Å². The Labute approximate surface area is 93.3 Å². The van der Waals surface area contributed by atoms with Crippen LogP contribution < -0.4 is 0 Å². The molecule has 0 aliphatic rings. The Kier molecular flexibility index (Phi) is 15.8. The van der Waals surface area contributed by atoms with E-state index in [9.17, 15) is 0 Å². The maximum Gasteiger partial charge on any atom is 0.0662 e. The van der Waals surface area contributed by atoms with E-state index in [1.165, 1.54) is 0 Å². The van der Waals surface area contributed by atoms with Gasteiger partial charge in [-0.3, -0.25) is 0 Å². The Morgan fingerprint density at radius 3 is 1.33 bits per heavy atom. The lowest BCUT2D eigenvalue weighted by atomic mass is 10.6. The molecule has 0 spiro atoms. The number of hydrogen-bond donors (Lipinski definition) is 2. The molecule has 0 heterocycles. The maximum atomic E-state index is 7.62. The van der Waals surface area contributed by atoms with Crippen molar-refractivity contribution in [2.45, 2.75) is 0 Å². The molecular formula is C10H26N2O3. The maximum absolute atomic E-state index is 7.62. The number of rotatable bonds is 7. The lowest BCUT2D eigenvalue weighted by Crippen LogP contribution is -2.22. The van der Waals surface area contributed by atoms with Crippen molar-refractivity contribution in [2.75, 3.05) is 67.7 Å². The molecule has 0 saturated carbocycles. The molecule has 0 atom stereocenters. The molecule has 15 heavy (non-hydrogen) atoms. The fourth-order valence-electron chi connectivity index (χ4n) is 0.596. The van der Waals surface area contributed by atoms with Gasteiger partial charge in [0.2, 0.25) is 0 Å². The SMILES string of the molecule is CN(C)CCOCCN(C)C.OCCO. The van der Waals surface area contributed by atoms with Gasteiger partial charge in [0.05, 0.1) is 26.4 Å². The summed E-state index contributed by atoms with van der Waals surface area (Å²) in [4.78, 5) is 4.24. The second-order valence-electron chi connectivity index (χ2n) is 3.67. The van der Waals surface area contributed by atoms with Crippen molar-refractivity contribution >= 4 is 0 Å². The van der Waals surface area contributed by atoms with Crippen molar-refractivity contribution in [2.24, 2.45) is 0 Å². The van der Waals surface area contributed by atoms with Crippen LogP contribution >= 0.6 is 0 Å². The third kappa shape index (κ3) is 24.8. The Hall–Kier alpha value is -0.200. The molecule has 0 saturated heterocycles. The predicted octanol–water partition coefficient (Wildman–Crippen LogP) is -0.903. The number of likely N-dealkylation sites (N-methyl/N-ethyl adjacent to an activating group) is 2. The minimum atomic E-state index is -0.125. The van der Waals surface area contributed by atoms with E-state index in [-0.39, 0.29) is 13.2 Å². The summed E-state index contributed by atoms with van der Waals surface area (Å²) in [6, 6.07) is 0. The van der Waals surface area contributed by atoms with E-state index in [4.69, 9.17) is 14.9 Å². The van der Waals surface area contributed by atoms with E-state index < -0.39 is 0 Å². The molecule has 5 heteroatoms. The van der Waals surface area contributed by atoms with Crippen LogP contribution in [0.1, 0.15) is 0 Å². The van der Waals surface area contributed by atoms with Crippen molar-refractivity contribution in [3.05, 3.63) is 0 Å². The van der Waals surface area contributed by atoms with Gasteiger partial charge in [0.1, 0.15) is 0 Å². The van der Waals surface area contributed by atoms with Crippen LogP contribution in [0.15, 0.2) is 0 Å². The number of hydrogen-bond acceptors (Lipinski definition) is 5. The van der Waals surface area contributed by atoms with Crippen LogP contribution in [-0.2, 0) is 4.74 Å². The third-order valence-electron chi connectivity index (χ3n) is 1.47. The van der Waals surface area contributed by atoms with Crippen molar-refractivity contribution in [1.82, 2.24) is 9.80 Å². The summed E-state index contributed by atoms with van der Waals surface area (Å²) in [5, 5.41) is 15.2. The first-order chi connectivity index (χ1) is 7.04. The lowest BCUT2D eigenvalue weighted by Gasteiger charge is -2.12. The summed E-state index contributed by atoms with van der Waals surface area (Å²) >= 11 is 0. The van der Waals surface area contributed by atoms with Gasteiger partial charge < -0.3 is 24.7 Å². The zero-order valence-electron chi connectivity index (χ0n) is 10.4. The average molecular weight is 222 g/mol. The van der Waals surface area contributed by atoms with E-state index in [1.807, 2.05) is 0 Å². The van der Waals surface area contributed by atoms with Gasteiger partial charge >= 0.3 is 0 Å². The molecule has 0 rings (SSSR count). The van der Waals surface area contributed by atoms with E-state index in [1.54, 1.807) is 0 Å². The number of aliphatic hydroxyl groups excluding tert-OH is 2. The standard InChI is InChI=1S/C8H20N2O.C2H6O2/c1-9(2)5-7-11-8-6-10(3)4;3-1-2-4/h5-8H2,1-4H3;3-4H,1-2H2. The molecule has 0 radical (unpaired) electrons. The fourth-order valence-corrected chi connectivity index (χ4v) is 0.596. The summed E-state index contributed by atoms with van der Waals surface area (Å²) in [6.45, 7) is 3.43. The molecule has 0 aliphatic carbocycles.